The second-order valence-corrected chi connectivity index (χ2v) is 12.2. The third kappa shape index (κ3) is 6.53. The van der Waals surface area contributed by atoms with Crippen molar-refractivity contribution < 1.29 is 22.4 Å². The molecule has 0 spiro atoms. The van der Waals surface area contributed by atoms with Crippen LogP contribution in [0.1, 0.15) is 49.3 Å². The van der Waals surface area contributed by atoms with Crippen molar-refractivity contribution in [3.8, 4) is 0 Å². The van der Waals surface area contributed by atoms with Gasteiger partial charge in [-0.25, -0.2) is 12.8 Å². The number of rotatable bonds is 10. The molecule has 1 saturated carbocycles. The molecule has 1 atom stereocenters. The number of aryl methyl sites for hydroxylation is 1. The van der Waals surface area contributed by atoms with E-state index < -0.39 is 34.3 Å². The predicted molar refractivity (Wildman–Crippen MR) is 154 cm³/mol. The standard InChI is InChI=1S/C31H36FN3O4S/c1-22-12-11-19-29(23(22)2)35(40(38,39)27-16-5-4-6-17-27)21-30(36)34(20-25-13-7-10-18-28(25)32)24(3)31(37)33-26-14-8-9-15-26/h4-7,10-13,16-19,24,26H,8-9,14-15,20-21H2,1-3H3,(H,33,37)/t24-/m1/s1. The first-order chi connectivity index (χ1) is 19.1. The average Bonchev–Trinajstić information content (AvgIpc) is 3.46. The van der Waals surface area contributed by atoms with Gasteiger partial charge in [-0.2, -0.15) is 0 Å². The predicted octanol–water partition coefficient (Wildman–Crippen LogP) is 5.11. The molecule has 1 aliphatic rings. The zero-order valence-electron chi connectivity index (χ0n) is 23.1. The van der Waals surface area contributed by atoms with Crippen LogP contribution in [0.3, 0.4) is 0 Å². The van der Waals surface area contributed by atoms with Gasteiger partial charge < -0.3 is 10.2 Å². The minimum Gasteiger partial charge on any atom is -0.352 e. The summed E-state index contributed by atoms with van der Waals surface area (Å²) < 4.78 is 43.6. The van der Waals surface area contributed by atoms with Crippen molar-refractivity contribution in [1.82, 2.24) is 10.2 Å². The van der Waals surface area contributed by atoms with E-state index in [2.05, 4.69) is 5.32 Å². The number of benzene rings is 3. The van der Waals surface area contributed by atoms with E-state index in [0.717, 1.165) is 35.6 Å². The summed E-state index contributed by atoms with van der Waals surface area (Å²) in [6, 6.07) is 18.3. The quantitative estimate of drug-likeness (QED) is 0.370. The van der Waals surface area contributed by atoms with Gasteiger partial charge >= 0.3 is 0 Å². The van der Waals surface area contributed by atoms with Gasteiger partial charge in [-0.15, -0.1) is 0 Å². The Morgan fingerprint density at radius 1 is 0.950 bits per heavy atom. The van der Waals surface area contributed by atoms with Crippen LogP contribution in [0, 0.1) is 19.7 Å². The van der Waals surface area contributed by atoms with Crippen LogP contribution in [0.4, 0.5) is 10.1 Å². The van der Waals surface area contributed by atoms with E-state index in [1.54, 1.807) is 62.4 Å². The van der Waals surface area contributed by atoms with E-state index in [-0.39, 0.29) is 29.0 Å². The molecule has 0 unspecified atom stereocenters. The second kappa shape index (κ2) is 12.6. The SMILES string of the molecule is Cc1cccc(N(CC(=O)N(Cc2ccccc2F)[C@H](C)C(=O)NC2CCCC2)S(=O)(=O)c2ccccc2)c1C. The third-order valence-corrected chi connectivity index (χ3v) is 9.40. The first-order valence-corrected chi connectivity index (χ1v) is 15.0. The number of anilines is 1. The number of amides is 2. The second-order valence-electron chi connectivity index (χ2n) is 10.3. The molecule has 4 rings (SSSR count). The van der Waals surface area contributed by atoms with Gasteiger partial charge in [-0.05, 0) is 69.0 Å². The van der Waals surface area contributed by atoms with Gasteiger partial charge in [-0.1, -0.05) is 61.4 Å². The Morgan fingerprint density at radius 3 is 2.27 bits per heavy atom. The lowest BCUT2D eigenvalue weighted by Crippen LogP contribution is -2.52. The Bertz CT molecular complexity index is 1460. The Labute approximate surface area is 236 Å². The Hall–Kier alpha value is -3.72. The van der Waals surface area contributed by atoms with Crippen LogP contribution in [0.2, 0.25) is 0 Å². The van der Waals surface area contributed by atoms with E-state index in [0.29, 0.717) is 11.3 Å². The van der Waals surface area contributed by atoms with Crippen LogP contribution in [-0.2, 0) is 26.2 Å². The fourth-order valence-electron chi connectivity index (χ4n) is 5.02. The van der Waals surface area contributed by atoms with E-state index >= 15 is 0 Å². The molecule has 0 heterocycles. The van der Waals surface area contributed by atoms with Gasteiger partial charge in [-0.3, -0.25) is 13.9 Å². The lowest BCUT2D eigenvalue weighted by atomic mass is 10.1. The summed E-state index contributed by atoms with van der Waals surface area (Å²) in [5.74, 6) is -1.47. The number of hydrogen-bond donors (Lipinski definition) is 1. The molecule has 9 heteroatoms. The third-order valence-electron chi connectivity index (χ3n) is 7.62. The van der Waals surface area contributed by atoms with Crippen LogP contribution in [0.25, 0.3) is 0 Å². The lowest BCUT2D eigenvalue weighted by molar-refractivity contribution is -0.139. The summed E-state index contributed by atoms with van der Waals surface area (Å²) in [7, 11) is -4.16. The summed E-state index contributed by atoms with van der Waals surface area (Å²) >= 11 is 0. The van der Waals surface area contributed by atoms with Gasteiger partial charge in [0, 0.05) is 18.2 Å². The maximum absolute atomic E-state index is 14.7. The first-order valence-electron chi connectivity index (χ1n) is 13.6. The number of carbonyl (C=O) groups excluding carboxylic acids is 2. The van der Waals surface area contributed by atoms with E-state index in [4.69, 9.17) is 0 Å². The molecular formula is C31H36FN3O4S. The lowest BCUT2D eigenvalue weighted by Gasteiger charge is -2.33. The van der Waals surface area contributed by atoms with Crippen molar-refractivity contribution >= 4 is 27.5 Å². The monoisotopic (exact) mass is 565 g/mol. The Balaban J connectivity index is 1.72. The number of carbonyl (C=O) groups is 2. The number of nitrogens with zero attached hydrogens (tertiary/aromatic N) is 2. The Kier molecular flexibility index (Phi) is 9.25. The van der Waals surface area contributed by atoms with Crippen molar-refractivity contribution in [2.75, 3.05) is 10.8 Å². The molecule has 40 heavy (non-hydrogen) atoms. The summed E-state index contributed by atoms with van der Waals surface area (Å²) in [4.78, 5) is 28.6. The maximum atomic E-state index is 14.7. The summed E-state index contributed by atoms with van der Waals surface area (Å²) in [5.41, 5.74) is 2.18. The van der Waals surface area contributed by atoms with E-state index in [1.165, 1.54) is 23.1 Å². The normalized spacial score (nSPS) is 14.5. The largest absolute Gasteiger partial charge is 0.352 e. The highest BCUT2D eigenvalue weighted by Gasteiger charge is 2.34. The molecule has 7 nitrogen and oxygen atoms in total. The molecule has 1 aliphatic carbocycles. The summed E-state index contributed by atoms with van der Waals surface area (Å²) in [6.07, 6.45) is 3.80. The van der Waals surface area contributed by atoms with Crippen LogP contribution in [0.5, 0.6) is 0 Å². The summed E-state index contributed by atoms with van der Waals surface area (Å²) in [6.45, 7) is 4.52. The topological polar surface area (TPSA) is 86.8 Å². The first kappa shape index (κ1) is 29.3. The van der Waals surface area contributed by atoms with Crippen molar-refractivity contribution in [3.63, 3.8) is 0 Å². The highest BCUT2D eigenvalue weighted by Crippen LogP contribution is 2.29. The van der Waals surface area contributed by atoms with Crippen LogP contribution in [0.15, 0.2) is 77.7 Å². The molecule has 3 aromatic carbocycles. The van der Waals surface area contributed by atoms with Crippen LogP contribution in [-0.4, -0.2) is 43.8 Å². The van der Waals surface area contributed by atoms with Gasteiger partial charge in [0.1, 0.15) is 18.4 Å². The molecule has 212 valence electrons. The molecular weight excluding hydrogens is 529 g/mol. The number of halogens is 1. The highest BCUT2D eigenvalue weighted by atomic mass is 32.2. The maximum Gasteiger partial charge on any atom is 0.264 e. The minimum atomic E-state index is -4.16. The number of hydrogen-bond acceptors (Lipinski definition) is 4. The van der Waals surface area contributed by atoms with Crippen molar-refractivity contribution in [1.29, 1.82) is 0 Å². The van der Waals surface area contributed by atoms with Crippen molar-refractivity contribution in [3.05, 3.63) is 95.3 Å². The molecule has 2 amide bonds. The van der Waals surface area contributed by atoms with Crippen LogP contribution < -0.4 is 9.62 Å². The fourth-order valence-corrected chi connectivity index (χ4v) is 6.52. The smallest absolute Gasteiger partial charge is 0.264 e. The molecule has 0 saturated heterocycles. The summed E-state index contributed by atoms with van der Waals surface area (Å²) in [5, 5.41) is 3.01. The molecule has 0 bridgehead atoms. The molecule has 1 fully saturated rings. The van der Waals surface area contributed by atoms with Gasteiger partial charge in [0.05, 0.1) is 10.6 Å². The van der Waals surface area contributed by atoms with Gasteiger partial charge in [0.25, 0.3) is 10.0 Å². The zero-order valence-corrected chi connectivity index (χ0v) is 24.0. The molecule has 0 aromatic heterocycles. The van der Waals surface area contributed by atoms with Crippen LogP contribution >= 0.6 is 0 Å². The highest BCUT2D eigenvalue weighted by molar-refractivity contribution is 7.92. The molecule has 1 N–H and O–H groups in total. The number of nitrogens with one attached hydrogen (secondary N) is 1. The molecule has 0 aliphatic heterocycles. The van der Waals surface area contributed by atoms with Gasteiger partial charge in [0.15, 0.2) is 0 Å². The average molecular weight is 566 g/mol. The van der Waals surface area contributed by atoms with Crippen molar-refractivity contribution in [2.45, 2.75) is 70.0 Å². The van der Waals surface area contributed by atoms with E-state index in [1.807, 2.05) is 13.0 Å². The molecule has 3 aromatic rings. The van der Waals surface area contributed by atoms with Crippen molar-refractivity contribution in [2.24, 2.45) is 0 Å². The number of sulfonamides is 1. The minimum absolute atomic E-state index is 0.0327. The zero-order chi connectivity index (χ0) is 28.9. The van der Waals surface area contributed by atoms with E-state index in [9.17, 15) is 22.4 Å². The Morgan fingerprint density at radius 2 is 1.60 bits per heavy atom. The fraction of sp³-hybridized carbons (Fsp3) is 0.355. The molecule has 0 radical (unpaired) electrons. The van der Waals surface area contributed by atoms with Gasteiger partial charge in [0.2, 0.25) is 11.8 Å².